The van der Waals surface area contributed by atoms with Crippen LogP contribution in [0.15, 0.2) is 36.4 Å². The van der Waals surface area contributed by atoms with Crippen LogP contribution in [0.4, 0.5) is 4.79 Å². The molecule has 1 amide bonds. The van der Waals surface area contributed by atoms with Crippen LogP contribution in [0.2, 0.25) is 0 Å². The Labute approximate surface area is 194 Å². The van der Waals surface area contributed by atoms with Gasteiger partial charge in [-0.2, -0.15) is 0 Å². The van der Waals surface area contributed by atoms with Crippen LogP contribution in [0, 0.1) is 6.92 Å². The summed E-state index contributed by atoms with van der Waals surface area (Å²) in [6.45, 7) is 3.10. The van der Waals surface area contributed by atoms with Crippen molar-refractivity contribution in [3.05, 3.63) is 52.5 Å². The maximum Gasteiger partial charge on any atom is 0.410 e. The van der Waals surface area contributed by atoms with Crippen LogP contribution in [-0.4, -0.2) is 55.5 Å². The van der Waals surface area contributed by atoms with Crippen LogP contribution in [0.5, 0.6) is 5.19 Å². The average molecular weight is 457 g/mol. The largest absolute Gasteiger partial charge is 0.473 e. The monoisotopic (exact) mass is 456 g/mol. The van der Waals surface area contributed by atoms with Crippen LogP contribution in [0.1, 0.15) is 54.2 Å². The molecule has 7 heteroatoms. The topological polar surface area (TPSA) is 60.9 Å². The third-order valence-electron chi connectivity index (χ3n) is 6.54. The summed E-state index contributed by atoms with van der Waals surface area (Å²) in [7, 11) is 3.06. The lowest BCUT2D eigenvalue weighted by Gasteiger charge is -2.37. The summed E-state index contributed by atoms with van der Waals surface area (Å²) < 4.78 is 16.8. The molecule has 172 valence electrons. The lowest BCUT2D eigenvalue weighted by Crippen LogP contribution is -2.47. The van der Waals surface area contributed by atoms with Crippen molar-refractivity contribution in [1.29, 1.82) is 0 Å². The number of aromatic nitrogens is 1. The molecule has 0 bridgehead atoms. The highest BCUT2D eigenvalue weighted by molar-refractivity contribution is 7.13. The highest BCUT2D eigenvalue weighted by Gasteiger charge is 2.34. The Balaban J connectivity index is 1.44. The number of carbonyl (C=O) groups excluding carboxylic acids is 1. The molecule has 4 rings (SSSR count). The molecule has 32 heavy (non-hydrogen) atoms. The van der Waals surface area contributed by atoms with Gasteiger partial charge < -0.3 is 14.2 Å². The average Bonchev–Trinajstić information content (AvgIpc) is 3.23. The third kappa shape index (κ3) is 4.99. The van der Waals surface area contributed by atoms with E-state index in [1.165, 1.54) is 24.0 Å². The quantitative estimate of drug-likeness (QED) is 0.580. The predicted molar refractivity (Wildman–Crippen MR) is 126 cm³/mol. The van der Waals surface area contributed by atoms with E-state index in [9.17, 15) is 4.79 Å². The van der Waals surface area contributed by atoms with Crippen molar-refractivity contribution in [2.24, 2.45) is 0 Å². The van der Waals surface area contributed by atoms with E-state index in [-0.39, 0.29) is 18.2 Å². The van der Waals surface area contributed by atoms with Crippen LogP contribution in [0.25, 0.3) is 5.57 Å². The molecule has 1 saturated carbocycles. The van der Waals surface area contributed by atoms with E-state index in [4.69, 9.17) is 14.2 Å². The Morgan fingerprint density at radius 1 is 1.16 bits per heavy atom. The fourth-order valence-electron chi connectivity index (χ4n) is 4.83. The number of carbonyl (C=O) groups is 1. The maximum atomic E-state index is 12.5. The molecule has 6 nitrogen and oxygen atoms in total. The number of nitrogens with zero attached hydrogens (tertiary/aromatic N) is 2. The summed E-state index contributed by atoms with van der Waals surface area (Å²) in [6, 6.07) is 10.5. The molecule has 1 aromatic heterocycles. The molecule has 0 N–H and O–H groups in total. The molecule has 1 aromatic carbocycles. The summed E-state index contributed by atoms with van der Waals surface area (Å²) in [6.07, 6.45) is 7.17. The summed E-state index contributed by atoms with van der Waals surface area (Å²) in [5.41, 5.74) is 3.34. The number of benzene rings is 1. The standard InChI is InChI=1S/C25H32N2O4S/c1-17-23(26-24(29-2)32-17)21-10-7-15-27(25(28)30-3)22(21)16-31-20-13-11-19(12-14-20)18-8-5-4-6-9-18/h4-6,8-10,19-20,22H,7,11-16H2,1-3H3/t19-,20+,22?. The smallest absolute Gasteiger partial charge is 0.410 e. The summed E-state index contributed by atoms with van der Waals surface area (Å²) in [5.74, 6) is 0.609. The van der Waals surface area contributed by atoms with Gasteiger partial charge in [-0.1, -0.05) is 47.7 Å². The number of hydrogen-bond acceptors (Lipinski definition) is 6. The number of ether oxygens (including phenoxy) is 3. The number of aryl methyl sites for hydroxylation is 1. The number of amides is 1. The Morgan fingerprint density at radius 2 is 1.91 bits per heavy atom. The molecular formula is C25H32N2O4S. The van der Waals surface area contributed by atoms with Crippen molar-refractivity contribution < 1.29 is 19.0 Å². The Kier molecular flexibility index (Phi) is 7.48. The van der Waals surface area contributed by atoms with Crippen molar-refractivity contribution in [2.75, 3.05) is 27.4 Å². The minimum atomic E-state index is -0.322. The van der Waals surface area contributed by atoms with Crippen molar-refractivity contribution in [1.82, 2.24) is 9.88 Å². The summed E-state index contributed by atoms with van der Waals surface area (Å²) in [5, 5.41) is 0.632. The number of thiazole rings is 1. The third-order valence-corrected chi connectivity index (χ3v) is 7.47. The SMILES string of the molecule is COC(=O)N1CCC=C(c2nc(OC)sc2C)C1CO[C@H]1CC[C@@H](c2ccccc2)CC1. The van der Waals surface area contributed by atoms with Crippen molar-refractivity contribution in [2.45, 2.75) is 57.1 Å². The van der Waals surface area contributed by atoms with Gasteiger partial charge in [-0.25, -0.2) is 9.78 Å². The molecule has 1 unspecified atom stereocenters. The molecule has 1 aliphatic carbocycles. The van der Waals surface area contributed by atoms with E-state index in [0.717, 1.165) is 48.2 Å². The first kappa shape index (κ1) is 22.8. The number of methoxy groups -OCH3 is 2. The van der Waals surface area contributed by atoms with E-state index in [2.05, 4.69) is 41.4 Å². The molecule has 0 saturated heterocycles. The highest BCUT2D eigenvalue weighted by Crippen LogP contribution is 2.37. The van der Waals surface area contributed by atoms with E-state index in [1.54, 1.807) is 12.0 Å². The Hall–Kier alpha value is -2.38. The van der Waals surface area contributed by atoms with Crippen molar-refractivity contribution >= 4 is 23.0 Å². The highest BCUT2D eigenvalue weighted by atomic mass is 32.1. The van der Waals surface area contributed by atoms with Gasteiger partial charge in [-0.05, 0) is 50.5 Å². The summed E-state index contributed by atoms with van der Waals surface area (Å²) >= 11 is 1.52. The lowest BCUT2D eigenvalue weighted by molar-refractivity contribution is 0.000156. The molecule has 0 spiro atoms. The fraction of sp³-hybridized carbons (Fsp3) is 0.520. The second kappa shape index (κ2) is 10.5. The van der Waals surface area contributed by atoms with Gasteiger partial charge in [0, 0.05) is 17.0 Å². The molecule has 2 heterocycles. The maximum absolute atomic E-state index is 12.5. The minimum absolute atomic E-state index is 0.212. The van der Waals surface area contributed by atoms with Crippen molar-refractivity contribution in [3.8, 4) is 5.19 Å². The van der Waals surface area contributed by atoms with Gasteiger partial charge in [0.1, 0.15) is 0 Å². The summed E-state index contributed by atoms with van der Waals surface area (Å²) in [4.78, 5) is 20.0. The van der Waals surface area contributed by atoms with Crippen molar-refractivity contribution in [3.63, 3.8) is 0 Å². The van der Waals surface area contributed by atoms with Crippen LogP contribution < -0.4 is 4.74 Å². The van der Waals surface area contributed by atoms with Gasteiger partial charge in [-0.15, -0.1) is 0 Å². The zero-order valence-corrected chi connectivity index (χ0v) is 19.9. The van der Waals surface area contributed by atoms with E-state index in [1.807, 2.05) is 6.92 Å². The first-order valence-electron chi connectivity index (χ1n) is 11.3. The van der Waals surface area contributed by atoms with Crippen LogP contribution >= 0.6 is 11.3 Å². The predicted octanol–water partition coefficient (Wildman–Crippen LogP) is 5.43. The van der Waals surface area contributed by atoms with Crippen LogP contribution in [0.3, 0.4) is 0 Å². The second-order valence-electron chi connectivity index (χ2n) is 8.43. The van der Waals surface area contributed by atoms with Gasteiger partial charge in [0.15, 0.2) is 0 Å². The zero-order chi connectivity index (χ0) is 22.5. The molecular weight excluding hydrogens is 424 g/mol. The minimum Gasteiger partial charge on any atom is -0.473 e. The van der Waals surface area contributed by atoms with E-state index < -0.39 is 0 Å². The second-order valence-corrected chi connectivity index (χ2v) is 9.60. The molecule has 2 aliphatic rings. The first-order chi connectivity index (χ1) is 15.6. The van der Waals surface area contributed by atoms with Gasteiger partial charge in [0.05, 0.1) is 38.7 Å². The fourth-order valence-corrected chi connectivity index (χ4v) is 5.57. The van der Waals surface area contributed by atoms with Gasteiger partial charge in [0.2, 0.25) is 0 Å². The number of rotatable bonds is 6. The van der Waals surface area contributed by atoms with Crippen LogP contribution in [-0.2, 0) is 9.47 Å². The molecule has 1 fully saturated rings. The first-order valence-corrected chi connectivity index (χ1v) is 12.1. The Morgan fingerprint density at radius 3 is 2.56 bits per heavy atom. The molecule has 2 aromatic rings. The van der Waals surface area contributed by atoms with Gasteiger partial charge in [-0.3, -0.25) is 4.90 Å². The van der Waals surface area contributed by atoms with E-state index in [0.29, 0.717) is 24.3 Å². The van der Waals surface area contributed by atoms with Gasteiger partial charge >= 0.3 is 6.09 Å². The van der Waals surface area contributed by atoms with Gasteiger partial charge in [0.25, 0.3) is 5.19 Å². The lowest BCUT2D eigenvalue weighted by atomic mass is 9.83. The Bertz CT molecular complexity index is 935. The molecule has 1 aliphatic heterocycles. The van der Waals surface area contributed by atoms with E-state index >= 15 is 0 Å². The molecule has 1 atom stereocenters. The normalized spacial score (nSPS) is 23.5. The zero-order valence-electron chi connectivity index (χ0n) is 19.1. The molecule has 0 radical (unpaired) electrons. The number of hydrogen-bond donors (Lipinski definition) is 0.